The molecule has 0 N–H and O–H groups in total. The van der Waals surface area contributed by atoms with Crippen LogP contribution in [-0.4, -0.2) is 23.2 Å². The molecule has 267 valence electrons. The molecule has 1 radical (unpaired) electrons. The number of rotatable bonds is 6. The third-order valence-electron chi connectivity index (χ3n) is 10.1. The number of pyridine rings is 2. The van der Waals surface area contributed by atoms with E-state index in [1.54, 1.807) is 0 Å². The minimum atomic E-state index is -1.81. The van der Waals surface area contributed by atoms with Crippen molar-refractivity contribution >= 4 is 39.6 Å². The molecule has 1 aliphatic carbocycles. The predicted octanol–water partition coefficient (Wildman–Crippen LogP) is 12.7. The molecule has 0 amide bonds. The minimum absolute atomic E-state index is 0. The molecule has 0 atom stereocenters. The van der Waals surface area contributed by atoms with Crippen LogP contribution in [0.4, 0.5) is 0 Å². The molecule has 1 saturated carbocycles. The van der Waals surface area contributed by atoms with Crippen LogP contribution in [-0.2, 0) is 20.1 Å². The maximum absolute atomic E-state index is 8.81. The molecule has 1 fully saturated rings. The van der Waals surface area contributed by atoms with Crippen molar-refractivity contribution in [3.63, 3.8) is 0 Å². The number of benzene rings is 4. The van der Waals surface area contributed by atoms with Gasteiger partial charge in [-0.2, -0.15) is 0 Å². The molecule has 8 rings (SSSR count). The zero-order chi connectivity index (χ0) is 36.5. The summed E-state index contributed by atoms with van der Waals surface area (Å²) in [7, 11) is 0. The summed E-state index contributed by atoms with van der Waals surface area (Å²) in [6, 6.07) is 40.3. The number of hydrogen-bond donors (Lipinski definition) is 0. The topological polar surface area (TPSA) is 38.9 Å². The van der Waals surface area contributed by atoms with Crippen LogP contribution in [0, 0.1) is 19.1 Å². The van der Waals surface area contributed by atoms with Crippen LogP contribution in [0.5, 0.6) is 0 Å². The first-order valence-electron chi connectivity index (χ1n) is 18.9. The number of fused-ring (bicyclic) bond motifs is 3. The van der Waals surface area contributed by atoms with Crippen LogP contribution < -0.4 is 4.40 Å². The molecule has 1 aliphatic rings. The predicted molar refractivity (Wildman–Crippen MR) is 217 cm³/mol. The Morgan fingerprint density at radius 3 is 2.21 bits per heavy atom. The molecule has 0 bridgehead atoms. The third kappa shape index (κ3) is 8.52. The summed E-state index contributed by atoms with van der Waals surface area (Å²) in [5, 5.41) is 2.22. The van der Waals surface area contributed by atoms with Gasteiger partial charge in [-0.1, -0.05) is 67.8 Å². The van der Waals surface area contributed by atoms with E-state index in [1.165, 1.54) is 40.3 Å². The van der Waals surface area contributed by atoms with Crippen LogP contribution in [0.3, 0.4) is 0 Å². The fraction of sp³-hybridized carbons (Fsp3) is 0.277. The van der Waals surface area contributed by atoms with E-state index in [2.05, 4.69) is 139 Å². The Morgan fingerprint density at radius 1 is 0.750 bits per heavy atom. The van der Waals surface area contributed by atoms with Crippen LogP contribution in [0.2, 0.25) is 17.3 Å². The molecule has 3 nitrogen and oxygen atoms in total. The van der Waals surface area contributed by atoms with Gasteiger partial charge in [0.25, 0.3) is 0 Å². The summed E-state index contributed by atoms with van der Waals surface area (Å²) in [5.74, 6) is 7.21. The smallest absolute Gasteiger partial charge is 0 e. The molecular weight excluding hydrogens is 873 g/mol. The van der Waals surface area contributed by atoms with Crippen LogP contribution in [0.25, 0.3) is 55.6 Å². The Labute approximate surface area is 327 Å². The van der Waals surface area contributed by atoms with E-state index in [1.807, 2.05) is 30.6 Å². The molecule has 5 heteroatoms. The van der Waals surface area contributed by atoms with Crippen LogP contribution in [0.15, 0.2) is 114 Å². The molecule has 0 spiro atoms. The molecule has 3 heterocycles. The number of furan rings is 1. The number of aromatic nitrogens is 2. The molecule has 0 unspecified atom stereocenters. The van der Waals surface area contributed by atoms with E-state index in [9.17, 15) is 0 Å². The van der Waals surface area contributed by atoms with Gasteiger partial charge >= 0.3 is 139 Å². The van der Waals surface area contributed by atoms with E-state index < -0.39 is 19.2 Å². The van der Waals surface area contributed by atoms with Gasteiger partial charge in [0.15, 0.2) is 0 Å². The molecule has 0 saturated heterocycles. The molecule has 52 heavy (non-hydrogen) atoms. The van der Waals surface area contributed by atoms with E-state index >= 15 is 0 Å². The fourth-order valence-corrected chi connectivity index (χ4v) is 9.26. The maximum Gasteiger partial charge on any atom is 0 e. The Balaban J connectivity index is 0.000000183. The molecule has 3 aromatic heterocycles. The van der Waals surface area contributed by atoms with Crippen molar-refractivity contribution in [3.05, 3.63) is 138 Å². The summed E-state index contributed by atoms with van der Waals surface area (Å²) >= 11 is -1.81. The molecule has 4 aromatic carbocycles. The Hall–Kier alpha value is -3.83. The largest absolute Gasteiger partial charge is 0 e. The van der Waals surface area contributed by atoms with Crippen LogP contribution >= 0.6 is 0 Å². The van der Waals surface area contributed by atoms with Crippen molar-refractivity contribution < 1.29 is 25.9 Å². The molecule has 0 aliphatic heterocycles. The first kappa shape index (κ1) is 36.5. The summed E-state index contributed by atoms with van der Waals surface area (Å²) in [6.45, 7) is 6.55. The number of aryl methyl sites for hydroxylation is 1. The van der Waals surface area contributed by atoms with Crippen LogP contribution in [0.1, 0.15) is 75.8 Å². The van der Waals surface area contributed by atoms with Crippen molar-refractivity contribution in [2.75, 3.05) is 0 Å². The second-order valence-electron chi connectivity index (χ2n) is 15.2. The van der Waals surface area contributed by atoms with Gasteiger partial charge in [-0.05, 0) is 46.9 Å². The van der Waals surface area contributed by atoms with E-state index in [-0.39, 0.29) is 20.1 Å². The van der Waals surface area contributed by atoms with Crippen molar-refractivity contribution in [2.24, 2.45) is 0 Å². The average Bonchev–Trinajstić information content (AvgIpc) is 3.53. The van der Waals surface area contributed by atoms with Gasteiger partial charge in [0.2, 0.25) is 0 Å². The first-order chi connectivity index (χ1) is 25.0. The van der Waals surface area contributed by atoms with Crippen molar-refractivity contribution in [3.8, 4) is 33.6 Å². The zero-order valence-corrected chi connectivity index (χ0v) is 35.6. The standard InChI is InChI=1S/C27H22NO.C20H26GeN.Ir/c1-17(2)23-15-25(28-16-18(23)3)21-10-12-26-24(13-21)22-11-9-20(14-27(22)29-26)19-7-5-4-6-8-19;1-21(2,3)19-12-13-20(22-15-19)18-11-7-10-17(14-18)16-8-5-4-6-9-16;/h4-9,11-17H,1-3H3;7,10,12-16H,4-6,8-9H2,1-3H3;/q2*-1;/i;16D;. The first-order valence-corrected chi connectivity index (χ1v) is 25.7. The monoisotopic (exact) mass is 924 g/mol. The molecular formula is C47H48GeIrN2O-2. The van der Waals surface area contributed by atoms with Gasteiger partial charge in [0.05, 0.1) is 5.58 Å². The summed E-state index contributed by atoms with van der Waals surface area (Å²) < 4.78 is 16.4. The number of nitrogens with zero attached hydrogens (tertiary/aromatic N) is 2. The Morgan fingerprint density at radius 2 is 1.50 bits per heavy atom. The zero-order valence-electron chi connectivity index (χ0n) is 32.1. The normalized spacial score (nSPS) is 14.4. The summed E-state index contributed by atoms with van der Waals surface area (Å²) in [5.41, 5.74) is 11.7. The maximum atomic E-state index is 8.81. The van der Waals surface area contributed by atoms with Gasteiger partial charge in [0.1, 0.15) is 5.58 Å². The second kappa shape index (κ2) is 16.5. The SMILES string of the molecule is Cc1cnc(-c2[c-]cc3oc4cc(-c5ccccc5)ccc4c3c2)cc1C(C)C.[2H]C1(c2cc[c-]c(-c3cc[c]([Ge]([CH3])([CH3])[CH3])cn3)c2)CCCCC1.[Ir]. The quantitative estimate of drug-likeness (QED) is 0.123. The summed E-state index contributed by atoms with van der Waals surface area (Å²) in [6.07, 6.45) is 9.56. The van der Waals surface area contributed by atoms with Crippen molar-refractivity contribution in [2.45, 2.75) is 82.0 Å². The minimum Gasteiger partial charge on any atom is 0 e. The van der Waals surface area contributed by atoms with Gasteiger partial charge in [-0.25, -0.2) is 0 Å². The Kier molecular flexibility index (Phi) is 11.6. The summed E-state index contributed by atoms with van der Waals surface area (Å²) in [4.78, 5) is 9.33. The Bertz CT molecular complexity index is 2320. The third-order valence-corrected chi connectivity index (χ3v) is 14.4. The van der Waals surface area contributed by atoms with Gasteiger partial charge < -0.3 is 9.40 Å². The van der Waals surface area contributed by atoms with Crippen molar-refractivity contribution in [1.29, 1.82) is 0 Å². The van der Waals surface area contributed by atoms with Gasteiger partial charge in [-0.15, -0.1) is 23.8 Å². The number of hydrogen-bond acceptors (Lipinski definition) is 3. The van der Waals surface area contributed by atoms with Crippen molar-refractivity contribution in [1.82, 2.24) is 9.97 Å². The second-order valence-corrected chi connectivity index (χ2v) is 25.9. The average molecular weight is 923 g/mol. The van der Waals surface area contributed by atoms with E-state index in [0.29, 0.717) is 5.92 Å². The van der Waals surface area contributed by atoms with Gasteiger partial charge in [-0.3, -0.25) is 0 Å². The van der Waals surface area contributed by atoms with Gasteiger partial charge in [0, 0.05) is 31.7 Å². The van der Waals surface area contributed by atoms with E-state index in [4.69, 9.17) is 5.79 Å². The fourth-order valence-electron chi connectivity index (χ4n) is 7.09. The van der Waals surface area contributed by atoms with E-state index in [0.717, 1.165) is 68.4 Å². The molecule has 7 aromatic rings.